The van der Waals surface area contributed by atoms with E-state index in [0.29, 0.717) is 6.42 Å². The third-order valence-corrected chi connectivity index (χ3v) is 3.49. The number of aromatic nitrogens is 1. The van der Waals surface area contributed by atoms with Crippen LogP contribution in [0.5, 0.6) is 0 Å². The lowest BCUT2D eigenvalue weighted by Gasteiger charge is -2.03. The molecular weight excluding hydrogens is 300 g/mol. The maximum absolute atomic E-state index is 11.7. The summed E-state index contributed by atoms with van der Waals surface area (Å²) in [6.07, 6.45) is 0.320. The van der Waals surface area contributed by atoms with E-state index in [1.807, 2.05) is 36.6 Å². The zero-order chi connectivity index (χ0) is 12.3. The molecular formula is C12H11BrN2OS. The quantitative estimate of drug-likeness (QED) is 0.944. The molecule has 0 spiro atoms. The molecule has 0 fully saturated rings. The van der Waals surface area contributed by atoms with Gasteiger partial charge in [-0.2, -0.15) is 0 Å². The van der Waals surface area contributed by atoms with Gasteiger partial charge in [0.15, 0.2) is 0 Å². The summed E-state index contributed by atoms with van der Waals surface area (Å²) in [6, 6.07) is 7.49. The average Bonchev–Trinajstić information content (AvgIpc) is 2.67. The molecule has 17 heavy (non-hydrogen) atoms. The second-order valence-corrected chi connectivity index (χ2v) is 5.57. The Morgan fingerprint density at radius 2 is 2.12 bits per heavy atom. The fourth-order valence-electron chi connectivity index (χ4n) is 1.39. The molecule has 0 aliphatic carbocycles. The van der Waals surface area contributed by atoms with Crippen LogP contribution in [0.15, 0.2) is 34.1 Å². The van der Waals surface area contributed by atoms with E-state index in [0.717, 1.165) is 20.9 Å². The number of hydrogen-bond donors (Lipinski definition) is 1. The van der Waals surface area contributed by atoms with Gasteiger partial charge in [0.05, 0.1) is 17.1 Å². The monoisotopic (exact) mass is 310 g/mol. The van der Waals surface area contributed by atoms with E-state index in [1.54, 1.807) is 11.3 Å². The summed E-state index contributed by atoms with van der Waals surface area (Å²) in [7, 11) is 0. The van der Waals surface area contributed by atoms with Crippen molar-refractivity contribution in [1.82, 2.24) is 4.98 Å². The van der Waals surface area contributed by atoms with Gasteiger partial charge in [-0.3, -0.25) is 4.79 Å². The van der Waals surface area contributed by atoms with Crippen molar-refractivity contribution in [2.45, 2.75) is 13.3 Å². The topological polar surface area (TPSA) is 42.0 Å². The molecule has 1 aromatic heterocycles. The van der Waals surface area contributed by atoms with Gasteiger partial charge >= 0.3 is 0 Å². The number of nitrogens with zero attached hydrogens (tertiary/aromatic N) is 1. The zero-order valence-electron chi connectivity index (χ0n) is 9.24. The maximum Gasteiger partial charge on any atom is 0.230 e. The summed E-state index contributed by atoms with van der Waals surface area (Å²) in [4.78, 5) is 16.0. The lowest BCUT2D eigenvalue weighted by Crippen LogP contribution is -2.14. The van der Waals surface area contributed by atoms with Gasteiger partial charge in [0.1, 0.15) is 0 Å². The number of nitrogens with one attached hydrogen (secondary N) is 1. The van der Waals surface area contributed by atoms with E-state index in [9.17, 15) is 4.79 Å². The molecule has 0 radical (unpaired) electrons. The van der Waals surface area contributed by atoms with E-state index in [4.69, 9.17) is 0 Å². The lowest BCUT2D eigenvalue weighted by molar-refractivity contribution is -0.115. The van der Waals surface area contributed by atoms with E-state index in [-0.39, 0.29) is 5.91 Å². The lowest BCUT2D eigenvalue weighted by atomic mass is 10.3. The number of aryl methyl sites for hydroxylation is 1. The number of rotatable bonds is 3. The predicted molar refractivity (Wildman–Crippen MR) is 73.3 cm³/mol. The molecule has 2 aromatic rings. The third kappa shape index (κ3) is 3.64. The molecule has 0 unspecified atom stereocenters. The number of benzene rings is 1. The van der Waals surface area contributed by atoms with Crippen molar-refractivity contribution in [1.29, 1.82) is 0 Å². The molecule has 0 saturated carbocycles. The van der Waals surface area contributed by atoms with Gasteiger partial charge in [-0.05, 0) is 31.2 Å². The van der Waals surface area contributed by atoms with Crippen LogP contribution in [0.3, 0.4) is 0 Å². The maximum atomic E-state index is 11.7. The van der Waals surface area contributed by atoms with E-state index >= 15 is 0 Å². The molecule has 1 aromatic carbocycles. The summed E-state index contributed by atoms with van der Waals surface area (Å²) >= 11 is 4.90. The highest BCUT2D eigenvalue weighted by Crippen LogP contribution is 2.15. The van der Waals surface area contributed by atoms with E-state index in [2.05, 4.69) is 26.2 Å². The Kier molecular flexibility index (Phi) is 3.91. The van der Waals surface area contributed by atoms with E-state index < -0.39 is 0 Å². The van der Waals surface area contributed by atoms with Crippen molar-refractivity contribution in [2.75, 3.05) is 5.32 Å². The smallest absolute Gasteiger partial charge is 0.230 e. The Morgan fingerprint density at radius 1 is 1.41 bits per heavy atom. The highest BCUT2D eigenvalue weighted by molar-refractivity contribution is 9.10. The summed E-state index contributed by atoms with van der Waals surface area (Å²) in [5, 5.41) is 5.73. The number of thiazole rings is 1. The molecule has 1 amide bonds. The number of carbonyl (C=O) groups is 1. The van der Waals surface area contributed by atoms with Crippen LogP contribution in [0.1, 0.15) is 10.7 Å². The zero-order valence-corrected chi connectivity index (χ0v) is 11.6. The molecule has 0 saturated heterocycles. The number of hydrogen-bond acceptors (Lipinski definition) is 3. The van der Waals surface area contributed by atoms with Crippen molar-refractivity contribution in [2.24, 2.45) is 0 Å². The minimum absolute atomic E-state index is 0.0439. The Hall–Kier alpha value is -1.20. The number of anilines is 1. The second-order valence-electron chi connectivity index (χ2n) is 3.59. The minimum atomic E-state index is -0.0439. The van der Waals surface area contributed by atoms with Crippen molar-refractivity contribution >= 4 is 38.9 Å². The average molecular weight is 311 g/mol. The molecule has 1 N–H and O–H groups in total. The molecule has 0 aliphatic rings. The summed E-state index contributed by atoms with van der Waals surface area (Å²) in [5.74, 6) is -0.0439. The van der Waals surface area contributed by atoms with Gasteiger partial charge in [-0.25, -0.2) is 4.98 Å². The largest absolute Gasteiger partial charge is 0.326 e. The molecule has 88 valence electrons. The highest BCUT2D eigenvalue weighted by Gasteiger charge is 2.06. The number of amides is 1. The SMILES string of the molecule is Cc1nc(CC(=O)Nc2ccc(Br)cc2)cs1. The predicted octanol–water partition coefficient (Wildman–Crippen LogP) is 3.40. The highest BCUT2D eigenvalue weighted by atomic mass is 79.9. The Balaban J connectivity index is 1.95. The van der Waals surface area contributed by atoms with Gasteiger partial charge < -0.3 is 5.32 Å². The molecule has 3 nitrogen and oxygen atoms in total. The first-order valence-electron chi connectivity index (χ1n) is 5.10. The van der Waals surface area contributed by atoms with Gasteiger partial charge in [0, 0.05) is 15.5 Å². The Labute approximate surface area is 112 Å². The van der Waals surface area contributed by atoms with Crippen LogP contribution in [0, 0.1) is 6.92 Å². The number of carbonyl (C=O) groups excluding carboxylic acids is 1. The molecule has 1 heterocycles. The first kappa shape index (κ1) is 12.3. The van der Waals surface area contributed by atoms with Crippen LogP contribution in [-0.4, -0.2) is 10.9 Å². The van der Waals surface area contributed by atoms with Crippen molar-refractivity contribution in [3.8, 4) is 0 Å². The summed E-state index contributed by atoms with van der Waals surface area (Å²) in [5.41, 5.74) is 1.62. The van der Waals surface area contributed by atoms with Gasteiger partial charge in [0.2, 0.25) is 5.91 Å². The normalized spacial score (nSPS) is 10.2. The van der Waals surface area contributed by atoms with Crippen LogP contribution < -0.4 is 5.32 Å². The van der Waals surface area contributed by atoms with Crippen LogP contribution in [0.2, 0.25) is 0 Å². The first-order valence-corrected chi connectivity index (χ1v) is 6.77. The van der Waals surface area contributed by atoms with Gasteiger partial charge in [0.25, 0.3) is 0 Å². The van der Waals surface area contributed by atoms with Crippen LogP contribution in [0.4, 0.5) is 5.69 Å². The fraction of sp³-hybridized carbons (Fsp3) is 0.167. The van der Waals surface area contributed by atoms with E-state index in [1.165, 1.54) is 0 Å². The molecule has 0 atom stereocenters. The standard InChI is InChI=1S/C12H11BrN2OS/c1-8-14-11(7-17-8)6-12(16)15-10-4-2-9(13)3-5-10/h2-5,7H,6H2,1H3,(H,15,16). The summed E-state index contributed by atoms with van der Waals surface area (Å²) in [6.45, 7) is 1.93. The van der Waals surface area contributed by atoms with Crippen LogP contribution in [-0.2, 0) is 11.2 Å². The first-order chi connectivity index (χ1) is 8.13. The third-order valence-electron chi connectivity index (χ3n) is 2.14. The molecule has 0 bridgehead atoms. The summed E-state index contributed by atoms with van der Waals surface area (Å²) < 4.78 is 0.991. The van der Waals surface area contributed by atoms with Crippen LogP contribution >= 0.6 is 27.3 Å². The Bertz CT molecular complexity index is 522. The minimum Gasteiger partial charge on any atom is -0.326 e. The second kappa shape index (κ2) is 5.42. The van der Waals surface area contributed by atoms with Crippen molar-refractivity contribution < 1.29 is 4.79 Å². The molecule has 2 rings (SSSR count). The van der Waals surface area contributed by atoms with Gasteiger partial charge in [-0.15, -0.1) is 11.3 Å². The molecule has 5 heteroatoms. The fourth-order valence-corrected chi connectivity index (χ4v) is 2.27. The van der Waals surface area contributed by atoms with Crippen molar-refractivity contribution in [3.63, 3.8) is 0 Å². The van der Waals surface area contributed by atoms with Gasteiger partial charge in [-0.1, -0.05) is 15.9 Å². The molecule has 0 aliphatic heterocycles. The number of halogens is 1. The van der Waals surface area contributed by atoms with Crippen LogP contribution in [0.25, 0.3) is 0 Å². The van der Waals surface area contributed by atoms with Crippen molar-refractivity contribution in [3.05, 3.63) is 44.8 Å². The Morgan fingerprint density at radius 3 is 2.71 bits per heavy atom.